The maximum Gasteiger partial charge on any atom is 0.0949 e. The summed E-state index contributed by atoms with van der Waals surface area (Å²) < 4.78 is 4.25. The largest absolute Gasteiger partial charge is 0.337 e. The zero-order valence-electron chi connectivity index (χ0n) is 10.2. The van der Waals surface area contributed by atoms with Crippen LogP contribution in [0, 0.1) is 0 Å². The Balaban J connectivity index is 1.73. The van der Waals surface area contributed by atoms with E-state index in [9.17, 15) is 0 Å². The van der Waals surface area contributed by atoms with Crippen molar-refractivity contribution in [3.63, 3.8) is 0 Å². The summed E-state index contributed by atoms with van der Waals surface area (Å²) in [6.07, 6.45) is 11.8. The van der Waals surface area contributed by atoms with Gasteiger partial charge in [-0.05, 0) is 13.5 Å². The maximum absolute atomic E-state index is 4.37. The molecule has 5 nitrogen and oxygen atoms in total. The Labute approximate surface area is 102 Å². The van der Waals surface area contributed by atoms with Gasteiger partial charge < -0.3 is 14.5 Å². The molecule has 0 bridgehead atoms. The summed E-state index contributed by atoms with van der Waals surface area (Å²) in [6, 6.07) is 0. The van der Waals surface area contributed by atoms with Gasteiger partial charge in [0.15, 0.2) is 0 Å². The van der Waals surface area contributed by atoms with Crippen LogP contribution >= 0.6 is 0 Å². The van der Waals surface area contributed by atoms with Crippen molar-refractivity contribution in [2.24, 2.45) is 0 Å². The van der Waals surface area contributed by atoms with E-state index in [4.69, 9.17) is 0 Å². The molecule has 0 saturated heterocycles. The van der Waals surface area contributed by atoms with Crippen molar-refractivity contribution in [2.45, 2.75) is 25.9 Å². The third kappa shape index (κ3) is 3.71. The van der Waals surface area contributed by atoms with Crippen LogP contribution in [0.5, 0.6) is 0 Å². The van der Waals surface area contributed by atoms with Crippen molar-refractivity contribution in [1.29, 1.82) is 0 Å². The van der Waals surface area contributed by atoms with Gasteiger partial charge in [-0.2, -0.15) is 0 Å². The van der Waals surface area contributed by atoms with Crippen LogP contribution in [0.25, 0.3) is 0 Å². The summed E-state index contributed by atoms with van der Waals surface area (Å²) >= 11 is 0. The van der Waals surface area contributed by atoms with Gasteiger partial charge in [-0.1, -0.05) is 0 Å². The van der Waals surface area contributed by atoms with Gasteiger partial charge in [0.2, 0.25) is 0 Å². The molecular formula is C12H19N5. The van der Waals surface area contributed by atoms with Gasteiger partial charge in [-0.3, -0.25) is 0 Å². The summed E-state index contributed by atoms with van der Waals surface area (Å²) in [5, 5.41) is 3.13. The molecule has 0 unspecified atom stereocenters. The molecule has 2 rings (SSSR count). The van der Waals surface area contributed by atoms with Crippen molar-refractivity contribution in [1.82, 2.24) is 24.4 Å². The molecule has 0 amide bonds. The van der Waals surface area contributed by atoms with Gasteiger partial charge in [0.1, 0.15) is 0 Å². The number of rotatable bonds is 7. The molecule has 0 radical (unpaired) electrons. The Morgan fingerprint density at radius 1 is 1.24 bits per heavy atom. The fraction of sp³-hybridized carbons (Fsp3) is 0.500. The zero-order chi connectivity index (χ0) is 11.9. The van der Waals surface area contributed by atoms with Gasteiger partial charge in [0.05, 0.1) is 18.3 Å². The Hall–Kier alpha value is -1.62. The molecule has 0 saturated carbocycles. The monoisotopic (exact) mass is 233 g/mol. The first-order valence-electron chi connectivity index (χ1n) is 5.99. The second-order valence-corrected chi connectivity index (χ2v) is 4.11. The lowest BCUT2D eigenvalue weighted by molar-refractivity contribution is 0.562. The maximum atomic E-state index is 4.37. The summed E-state index contributed by atoms with van der Waals surface area (Å²) in [6.45, 7) is 2.99. The number of nitrogens with one attached hydrogen (secondary N) is 1. The van der Waals surface area contributed by atoms with E-state index in [0.29, 0.717) is 0 Å². The zero-order valence-corrected chi connectivity index (χ0v) is 10.2. The fourth-order valence-corrected chi connectivity index (χ4v) is 1.77. The summed E-state index contributed by atoms with van der Waals surface area (Å²) in [4.78, 5) is 8.40. The Morgan fingerprint density at radius 3 is 2.88 bits per heavy atom. The Kier molecular flexibility index (Phi) is 4.32. The van der Waals surface area contributed by atoms with Crippen molar-refractivity contribution in [2.75, 3.05) is 13.6 Å². The number of imidazole rings is 2. The molecule has 0 aliphatic rings. The molecule has 0 fully saturated rings. The Bertz CT molecular complexity index is 418. The molecule has 0 aliphatic heterocycles. The van der Waals surface area contributed by atoms with Crippen LogP contribution < -0.4 is 5.32 Å². The number of aromatic nitrogens is 4. The van der Waals surface area contributed by atoms with E-state index in [-0.39, 0.29) is 0 Å². The van der Waals surface area contributed by atoms with E-state index in [1.165, 1.54) is 0 Å². The van der Waals surface area contributed by atoms with Crippen molar-refractivity contribution < 1.29 is 0 Å². The summed E-state index contributed by atoms with van der Waals surface area (Å²) in [7, 11) is 1.96. The predicted molar refractivity (Wildman–Crippen MR) is 66.7 cm³/mol. The minimum absolute atomic E-state index is 0.978. The van der Waals surface area contributed by atoms with Crippen LogP contribution in [0.4, 0.5) is 0 Å². The molecule has 1 N–H and O–H groups in total. The highest BCUT2D eigenvalue weighted by Crippen LogP contribution is 2.00. The number of nitrogens with zero attached hydrogens (tertiary/aromatic N) is 4. The summed E-state index contributed by atoms with van der Waals surface area (Å²) in [5.74, 6) is 0. The lowest BCUT2D eigenvalue weighted by atomic mass is 10.3. The fourth-order valence-electron chi connectivity index (χ4n) is 1.77. The first kappa shape index (κ1) is 11.9. The molecular weight excluding hydrogens is 214 g/mol. The first-order chi connectivity index (χ1) is 8.38. The summed E-state index contributed by atoms with van der Waals surface area (Å²) in [5.41, 5.74) is 1.15. The standard InChI is InChI=1S/C12H19N5/c1-13-4-3-12-9-17(11-15-12)7-2-6-16-8-5-14-10-16/h5,8-11,13H,2-4,6-7H2,1H3. The molecule has 17 heavy (non-hydrogen) atoms. The number of aryl methyl sites for hydroxylation is 2. The number of likely N-dealkylation sites (N-methyl/N-ethyl adjacent to an activating group) is 1. The van der Waals surface area contributed by atoms with Crippen LogP contribution in [-0.4, -0.2) is 32.7 Å². The Morgan fingerprint density at radius 2 is 2.12 bits per heavy atom. The first-order valence-corrected chi connectivity index (χ1v) is 5.99. The minimum atomic E-state index is 0.978. The van der Waals surface area contributed by atoms with E-state index in [1.807, 2.05) is 32.1 Å². The topological polar surface area (TPSA) is 47.7 Å². The van der Waals surface area contributed by atoms with Gasteiger partial charge in [0, 0.05) is 44.6 Å². The second-order valence-electron chi connectivity index (χ2n) is 4.11. The average Bonchev–Trinajstić information content (AvgIpc) is 2.98. The SMILES string of the molecule is CNCCc1cn(CCCn2ccnc2)cn1. The van der Waals surface area contributed by atoms with E-state index in [1.54, 1.807) is 0 Å². The minimum Gasteiger partial charge on any atom is -0.337 e. The van der Waals surface area contributed by atoms with Crippen molar-refractivity contribution in [3.8, 4) is 0 Å². The van der Waals surface area contributed by atoms with Gasteiger partial charge in [-0.25, -0.2) is 9.97 Å². The number of hydrogen-bond donors (Lipinski definition) is 1. The van der Waals surface area contributed by atoms with Gasteiger partial charge >= 0.3 is 0 Å². The van der Waals surface area contributed by atoms with Crippen LogP contribution in [-0.2, 0) is 19.5 Å². The van der Waals surface area contributed by atoms with Crippen LogP contribution in [0.3, 0.4) is 0 Å². The van der Waals surface area contributed by atoms with Gasteiger partial charge in [-0.15, -0.1) is 0 Å². The lowest BCUT2D eigenvalue weighted by Crippen LogP contribution is -2.10. The third-order valence-electron chi connectivity index (χ3n) is 2.71. The molecule has 2 aromatic heterocycles. The van der Waals surface area contributed by atoms with Gasteiger partial charge in [0.25, 0.3) is 0 Å². The molecule has 0 spiro atoms. The van der Waals surface area contributed by atoms with E-state index in [0.717, 1.165) is 38.2 Å². The van der Waals surface area contributed by atoms with E-state index < -0.39 is 0 Å². The quantitative estimate of drug-likeness (QED) is 0.774. The highest BCUT2D eigenvalue weighted by atomic mass is 15.0. The molecule has 0 aromatic carbocycles. The predicted octanol–water partition coefficient (Wildman–Crippen LogP) is 0.932. The molecule has 92 valence electrons. The second kappa shape index (κ2) is 6.20. The van der Waals surface area contributed by atoms with Crippen molar-refractivity contribution >= 4 is 0 Å². The average molecular weight is 233 g/mol. The lowest BCUT2D eigenvalue weighted by Gasteiger charge is -2.02. The van der Waals surface area contributed by atoms with E-state index in [2.05, 4.69) is 30.6 Å². The highest BCUT2D eigenvalue weighted by Gasteiger charge is 1.98. The highest BCUT2D eigenvalue weighted by molar-refractivity contribution is 4.97. The molecule has 5 heteroatoms. The van der Waals surface area contributed by atoms with Crippen LogP contribution in [0.2, 0.25) is 0 Å². The van der Waals surface area contributed by atoms with Crippen LogP contribution in [0.15, 0.2) is 31.2 Å². The number of hydrogen-bond acceptors (Lipinski definition) is 3. The normalized spacial score (nSPS) is 10.9. The smallest absolute Gasteiger partial charge is 0.0949 e. The molecule has 2 heterocycles. The van der Waals surface area contributed by atoms with Crippen LogP contribution in [0.1, 0.15) is 12.1 Å². The molecule has 0 atom stereocenters. The third-order valence-corrected chi connectivity index (χ3v) is 2.71. The van der Waals surface area contributed by atoms with E-state index >= 15 is 0 Å². The van der Waals surface area contributed by atoms with Crippen molar-refractivity contribution in [3.05, 3.63) is 36.9 Å². The molecule has 0 aliphatic carbocycles. The molecule has 2 aromatic rings.